The van der Waals surface area contributed by atoms with Gasteiger partial charge in [-0.25, -0.2) is 0 Å². The molecule has 6 heteroatoms. The lowest BCUT2D eigenvalue weighted by Gasteiger charge is -2.18. The van der Waals surface area contributed by atoms with Gasteiger partial charge >= 0.3 is 0 Å². The smallest absolute Gasteiger partial charge is 0.287 e. The monoisotopic (exact) mass is 341 g/mol. The molecule has 24 heavy (non-hydrogen) atoms. The van der Waals surface area contributed by atoms with Crippen LogP contribution in [-0.2, 0) is 12.3 Å². The molecule has 1 atom stereocenters. The van der Waals surface area contributed by atoms with Crippen molar-refractivity contribution < 1.29 is 9.21 Å². The van der Waals surface area contributed by atoms with Crippen molar-refractivity contribution in [1.82, 2.24) is 15.1 Å². The maximum atomic E-state index is 12.5. The first-order valence-electron chi connectivity index (χ1n) is 7.67. The summed E-state index contributed by atoms with van der Waals surface area (Å²) in [4.78, 5) is 12.5. The summed E-state index contributed by atoms with van der Waals surface area (Å²) in [6.45, 7) is 0.557. The van der Waals surface area contributed by atoms with Gasteiger partial charge < -0.3 is 9.73 Å². The van der Waals surface area contributed by atoms with Gasteiger partial charge in [0.25, 0.3) is 5.91 Å². The molecule has 0 saturated heterocycles. The minimum absolute atomic E-state index is 0.187. The summed E-state index contributed by atoms with van der Waals surface area (Å²) < 4.78 is 7.41. The number of hydrogen-bond acceptors (Lipinski definition) is 4. The predicted molar refractivity (Wildman–Crippen MR) is 94.8 cm³/mol. The Morgan fingerprint density at radius 1 is 1.25 bits per heavy atom. The van der Waals surface area contributed by atoms with Gasteiger partial charge in [-0.15, -0.1) is 0 Å². The van der Waals surface area contributed by atoms with Gasteiger partial charge in [0.1, 0.15) is 5.76 Å². The van der Waals surface area contributed by atoms with Crippen LogP contribution in [0, 0.1) is 0 Å². The number of carbonyl (C=O) groups excluding carboxylic acids is 1. The molecule has 0 radical (unpaired) electrons. The van der Waals surface area contributed by atoms with E-state index in [0.717, 1.165) is 17.1 Å². The highest BCUT2D eigenvalue weighted by Crippen LogP contribution is 2.18. The summed E-state index contributed by atoms with van der Waals surface area (Å²) in [6, 6.07) is 15.1. The molecule has 5 nitrogen and oxygen atoms in total. The number of benzene rings is 1. The Bertz CT molecular complexity index is 769. The maximum absolute atomic E-state index is 12.5. The van der Waals surface area contributed by atoms with Crippen molar-refractivity contribution >= 4 is 17.7 Å². The lowest BCUT2D eigenvalue weighted by molar-refractivity contribution is 0.0902. The molecule has 0 aliphatic heterocycles. The van der Waals surface area contributed by atoms with Gasteiger partial charge in [0, 0.05) is 12.4 Å². The van der Waals surface area contributed by atoms with Crippen molar-refractivity contribution in [3.8, 4) is 0 Å². The fraction of sp³-hybridized carbons (Fsp3) is 0.222. The number of nitrogens with zero attached hydrogens (tertiary/aromatic N) is 2. The second-order valence-electron chi connectivity index (χ2n) is 5.36. The van der Waals surface area contributed by atoms with Crippen LogP contribution in [0.4, 0.5) is 0 Å². The predicted octanol–water partition coefficient (Wildman–Crippen LogP) is 3.51. The molecular weight excluding hydrogens is 322 g/mol. The first-order chi connectivity index (χ1) is 11.8. The van der Waals surface area contributed by atoms with E-state index in [1.807, 2.05) is 54.9 Å². The van der Waals surface area contributed by atoms with Crippen LogP contribution in [0.15, 0.2) is 65.3 Å². The molecule has 2 aromatic heterocycles. The summed E-state index contributed by atoms with van der Waals surface area (Å²) in [5.74, 6) is 1.67. The molecule has 0 unspecified atom stereocenters. The first-order valence-corrected chi connectivity index (χ1v) is 9.06. The summed E-state index contributed by atoms with van der Waals surface area (Å²) in [6.07, 6.45) is 5.61. The van der Waals surface area contributed by atoms with Crippen molar-refractivity contribution in [2.24, 2.45) is 0 Å². The zero-order valence-corrected chi connectivity index (χ0v) is 14.2. The third-order valence-corrected chi connectivity index (χ3v) is 4.18. The highest BCUT2D eigenvalue weighted by molar-refractivity contribution is 7.97. The molecule has 3 rings (SSSR count). The molecule has 3 aromatic rings. The largest absolute Gasteiger partial charge is 0.455 e. The lowest BCUT2D eigenvalue weighted by atomic mass is 10.1. The fourth-order valence-electron chi connectivity index (χ4n) is 2.46. The molecule has 0 spiro atoms. The van der Waals surface area contributed by atoms with Crippen LogP contribution in [0.5, 0.6) is 0 Å². The number of thioether (sulfide) groups is 1. The van der Waals surface area contributed by atoms with Crippen LogP contribution < -0.4 is 5.32 Å². The normalized spacial score (nSPS) is 12.0. The third-order valence-electron chi connectivity index (χ3n) is 3.61. The fourth-order valence-corrected chi connectivity index (χ4v) is 2.90. The molecule has 124 valence electrons. The van der Waals surface area contributed by atoms with E-state index in [2.05, 4.69) is 10.4 Å². The molecule has 1 amide bonds. The average molecular weight is 341 g/mol. The Hall–Kier alpha value is -2.47. The molecule has 0 aliphatic rings. The number of rotatable bonds is 7. The van der Waals surface area contributed by atoms with Gasteiger partial charge in [-0.2, -0.15) is 16.9 Å². The van der Waals surface area contributed by atoms with Crippen LogP contribution in [-0.4, -0.2) is 21.9 Å². The minimum atomic E-state index is -0.219. The Labute approximate surface area is 145 Å². The van der Waals surface area contributed by atoms with Crippen molar-refractivity contribution in [1.29, 1.82) is 0 Å². The summed E-state index contributed by atoms with van der Waals surface area (Å²) >= 11 is 1.66. The Kier molecular flexibility index (Phi) is 5.38. The van der Waals surface area contributed by atoms with E-state index >= 15 is 0 Å². The molecule has 0 bridgehead atoms. The summed E-state index contributed by atoms with van der Waals surface area (Å²) in [5, 5.41) is 7.27. The van der Waals surface area contributed by atoms with E-state index in [1.165, 1.54) is 0 Å². The van der Waals surface area contributed by atoms with Gasteiger partial charge in [0.2, 0.25) is 0 Å². The zero-order chi connectivity index (χ0) is 16.8. The highest BCUT2D eigenvalue weighted by atomic mass is 32.2. The Morgan fingerprint density at radius 2 is 2.08 bits per heavy atom. The molecular formula is C18H19N3O2S. The molecule has 2 heterocycles. The number of furan rings is 1. The number of amides is 1. The minimum Gasteiger partial charge on any atom is -0.455 e. The van der Waals surface area contributed by atoms with Crippen molar-refractivity contribution in [3.05, 3.63) is 78.0 Å². The van der Waals surface area contributed by atoms with Crippen LogP contribution in [0.2, 0.25) is 0 Å². The number of nitrogens with one attached hydrogen (secondary N) is 1. The lowest BCUT2D eigenvalue weighted by Crippen LogP contribution is -2.31. The zero-order valence-electron chi connectivity index (χ0n) is 13.4. The maximum Gasteiger partial charge on any atom is 0.287 e. The number of aromatic nitrogens is 2. The standard InChI is InChI=1S/C18H19N3O2S/c1-24-13-15-8-9-17(23-15)18(22)20-16(12-21-11-5-10-19-21)14-6-3-2-4-7-14/h2-11,16H,12-13H2,1H3,(H,20,22)/t16-/m0/s1. The summed E-state index contributed by atoms with van der Waals surface area (Å²) in [5.41, 5.74) is 1.03. The van der Waals surface area contributed by atoms with E-state index in [-0.39, 0.29) is 11.9 Å². The Morgan fingerprint density at radius 3 is 2.79 bits per heavy atom. The third kappa shape index (κ3) is 4.08. The first kappa shape index (κ1) is 16.4. The molecule has 0 aliphatic carbocycles. The van der Waals surface area contributed by atoms with Crippen molar-refractivity contribution in [2.75, 3.05) is 6.26 Å². The van der Waals surface area contributed by atoms with Crippen LogP contribution in [0.25, 0.3) is 0 Å². The Balaban J connectivity index is 1.76. The van der Waals surface area contributed by atoms with E-state index < -0.39 is 0 Å². The molecule has 0 saturated carbocycles. The van der Waals surface area contributed by atoms with Crippen LogP contribution in [0.1, 0.15) is 27.9 Å². The number of hydrogen-bond donors (Lipinski definition) is 1. The SMILES string of the molecule is CSCc1ccc(C(=O)N[C@@H](Cn2cccn2)c2ccccc2)o1. The van der Waals surface area contributed by atoms with E-state index in [0.29, 0.717) is 12.3 Å². The highest BCUT2D eigenvalue weighted by Gasteiger charge is 2.19. The van der Waals surface area contributed by atoms with Crippen LogP contribution in [0.3, 0.4) is 0 Å². The second-order valence-corrected chi connectivity index (χ2v) is 6.23. The average Bonchev–Trinajstić information content (AvgIpc) is 3.27. The van der Waals surface area contributed by atoms with Gasteiger partial charge in [0.05, 0.1) is 18.3 Å². The molecule has 1 aromatic carbocycles. The topological polar surface area (TPSA) is 60.1 Å². The van der Waals surface area contributed by atoms with E-state index in [1.54, 1.807) is 28.7 Å². The van der Waals surface area contributed by atoms with Crippen molar-refractivity contribution in [3.63, 3.8) is 0 Å². The van der Waals surface area contributed by atoms with Gasteiger partial charge in [0.15, 0.2) is 5.76 Å². The van der Waals surface area contributed by atoms with Crippen LogP contribution >= 0.6 is 11.8 Å². The van der Waals surface area contributed by atoms with E-state index in [4.69, 9.17) is 4.42 Å². The second kappa shape index (κ2) is 7.88. The molecule has 1 N–H and O–H groups in total. The van der Waals surface area contributed by atoms with E-state index in [9.17, 15) is 4.79 Å². The summed E-state index contributed by atoms with van der Waals surface area (Å²) in [7, 11) is 0. The van der Waals surface area contributed by atoms with Crippen molar-refractivity contribution in [2.45, 2.75) is 18.3 Å². The molecule has 0 fully saturated rings. The number of carbonyl (C=O) groups is 1. The quantitative estimate of drug-likeness (QED) is 0.714. The van der Waals surface area contributed by atoms with Gasteiger partial charge in [-0.05, 0) is 30.0 Å². The van der Waals surface area contributed by atoms with Gasteiger partial charge in [-0.1, -0.05) is 30.3 Å². The van der Waals surface area contributed by atoms with Gasteiger partial charge in [-0.3, -0.25) is 9.48 Å².